The number of nitrogens with zero attached hydrogens (tertiary/aromatic N) is 1. The molecule has 0 unspecified atom stereocenters. The van der Waals surface area contributed by atoms with Gasteiger partial charge in [-0.25, -0.2) is 0 Å². The number of methoxy groups -OCH3 is 1. The van der Waals surface area contributed by atoms with Gasteiger partial charge in [-0.3, -0.25) is 9.69 Å². The first-order valence-electron chi connectivity index (χ1n) is 5.69. The molecular formula is C13H20N2O2. The molecule has 4 heteroatoms. The third-order valence-corrected chi connectivity index (χ3v) is 2.67. The van der Waals surface area contributed by atoms with Crippen molar-refractivity contribution in [1.29, 1.82) is 0 Å². The first kappa shape index (κ1) is 13.5. The second kappa shape index (κ2) is 6.25. The molecule has 0 saturated carbocycles. The molecule has 0 fully saturated rings. The Morgan fingerprint density at radius 2 is 1.94 bits per heavy atom. The molecule has 1 N–H and O–H groups in total. The van der Waals surface area contributed by atoms with Gasteiger partial charge in [-0.05, 0) is 44.8 Å². The van der Waals surface area contributed by atoms with Crippen molar-refractivity contribution in [1.82, 2.24) is 4.90 Å². The minimum absolute atomic E-state index is 0.0164. The van der Waals surface area contributed by atoms with Crippen LogP contribution in [0.15, 0.2) is 24.3 Å². The molecular weight excluding hydrogens is 216 g/mol. The van der Waals surface area contributed by atoms with Crippen LogP contribution in [0.5, 0.6) is 5.75 Å². The molecule has 0 aromatic heterocycles. The fourth-order valence-corrected chi connectivity index (χ4v) is 1.68. The molecule has 0 aliphatic heterocycles. The van der Waals surface area contributed by atoms with Crippen LogP contribution in [0.1, 0.15) is 13.3 Å². The lowest BCUT2D eigenvalue weighted by Gasteiger charge is -2.21. The summed E-state index contributed by atoms with van der Waals surface area (Å²) in [5.41, 5.74) is 0.788. The summed E-state index contributed by atoms with van der Waals surface area (Å²) >= 11 is 0. The average Bonchev–Trinajstić information content (AvgIpc) is 2.30. The largest absolute Gasteiger partial charge is 0.497 e. The number of likely N-dealkylation sites (N-methyl/N-ethyl adjacent to an activating group) is 1. The van der Waals surface area contributed by atoms with E-state index in [0.29, 0.717) is 0 Å². The van der Waals surface area contributed by atoms with Crippen LogP contribution in [-0.4, -0.2) is 38.1 Å². The van der Waals surface area contributed by atoms with Gasteiger partial charge in [0.1, 0.15) is 5.75 Å². The van der Waals surface area contributed by atoms with Gasteiger partial charge in [-0.1, -0.05) is 6.92 Å². The fourth-order valence-electron chi connectivity index (χ4n) is 1.68. The van der Waals surface area contributed by atoms with Crippen LogP contribution in [0.2, 0.25) is 0 Å². The number of hydrogen-bond acceptors (Lipinski definition) is 3. The fraction of sp³-hybridized carbons (Fsp3) is 0.462. The van der Waals surface area contributed by atoms with E-state index in [9.17, 15) is 4.79 Å². The molecule has 0 aliphatic carbocycles. The van der Waals surface area contributed by atoms with Crippen molar-refractivity contribution >= 4 is 11.6 Å². The molecule has 17 heavy (non-hydrogen) atoms. The maximum Gasteiger partial charge on any atom is 0.241 e. The van der Waals surface area contributed by atoms with E-state index in [2.05, 4.69) is 5.32 Å². The zero-order chi connectivity index (χ0) is 12.8. The summed E-state index contributed by atoms with van der Waals surface area (Å²) in [6, 6.07) is 7.22. The number of anilines is 1. The van der Waals surface area contributed by atoms with E-state index in [1.807, 2.05) is 50.2 Å². The van der Waals surface area contributed by atoms with Crippen LogP contribution >= 0.6 is 0 Å². The molecule has 1 aromatic rings. The number of carbonyl (C=O) groups is 1. The van der Waals surface area contributed by atoms with Gasteiger partial charge in [0.05, 0.1) is 13.2 Å². The van der Waals surface area contributed by atoms with Crippen LogP contribution in [0.25, 0.3) is 0 Å². The van der Waals surface area contributed by atoms with Gasteiger partial charge in [0, 0.05) is 5.69 Å². The highest BCUT2D eigenvalue weighted by Gasteiger charge is 2.18. The average molecular weight is 236 g/mol. The number of rotatable bonds is 5. The summed E-state index contributed by atoms with van der Waals surface area (Å²) in [5, 5.41) is 2.89. The van der Waals surface area contributed by atoms with E-state index in [1.54, 1.807) is 7.11 Å². The Morgan fingerprint density at radius 1 is 1.35 bits per heavy atom. The second-order valence-corrected chi connectivity index (χ2v) is 4.11. The number of amides is 1. The van der Waals surface area contributed by atoms with Gasteiger partial charge in [0.2, 0.25) is 5.91 Å². The monoisotopic (exact) mass is 236 g/mol. The van der Waals surface area contributed by atoms with Crippen LogP contribution in [0.3, 0.4) is 0 Å². The summed E-state index contributed by atoms with van der Waals surface area (Å²) in [7, 11) is 5.43. The maximum atomic E-state index is 12.0. The Balaban J connectivity index is 2.66. The molecule has 1 aromatic carbocycles. The van der Waals surface area contributed by atoms with Crippen molar-refractivity contribution in [2.45, 2.75) is 19.4 Å². The molecule has 1 atom stereocenters. The van der Waals surface area contributed by atoms with Gasteiger partial charge < -0.3 is 10.1 Å². The summed E-state index contributed by atoms with van der Waals surface area (Å²) in [4.78, 5) is 13.9. The highest BCUT2D eigenvalue weighted by Crippen LogP contribution is 2.15. The Bertz CT molecular complexity index is 360. The molecule has 0 saturated heterocycles. The normalized spacial score (nSPS) is 12.3. The van der Waals surface area contributed by atoms with Crippen molar-refractivity contribution in [2.75, 3.05) is 26.5 Å². The lowest BCUT2D eigenvalue weighted by molar-refractivity contribution is -0.120. The van der Waals surface area contributed by atoms with E-state index in [4.69, 9.17) is 4.74 Å². The highest BCUT2D eigenvalue weighted by molar-refractivity contribution is 5.94. The Morgan fingerprint density at radius 3 is 2.35 bits per heavy atom. The van der Waals surface area contributed by atoms with Crippen LogP contribution in [0.4, 0.5) is 5.69 Å². The molecule has 4 nitrogen and oxygen atoms in total. The van der Waals surface area contributed by atoms with Crippen molar-refractivity contribution in [3.8, 4) is 5.75 Å². The van der Waals surface area contributed by atoms with Gasteiger partial charge in [-0.2, -0.15) is 0 Å². The first-order chi connectivity index (χ1) is 8.08. The van der Waals surface area contributed by atoms with E-state index in [0.717, 1.165) is 17.9 Å². The Hall–Kier alpha value is -1.55. The van der Waals surface area contributed by atoms with Crippen molar-refractivity contribution in [3.63, 3.8) is 0 Å². The zero-order valence-electron chi connectivity index (χ0n) is 10.9. The third kappa shape index (κ3) is 3.75. The number of carbonyl (C=O) groups excluding carboxylic acids is 1. The molecule has 0 radical (unpaired) electrons. The SMILES string of the molecule is CC[C@H](C(=O)Nc1ccc(OC)cc1)N(C)C. The van der Waals surface area contributed by atoms with Crippen LogP contribution < -0.4 is 10.1 Å². The number of nitrogens with one attached hydrogen (secondary N) is 1. The second-order valence-electron chi connectivity index (χ2n) is 4.11. The summed E-state index contributed by atoms with van der Waals surface area (Å²) in [6.07, 6.45) is 0.787. The molecule has 0 spiro atoms. The van der Waals surface area contributed by atoms with E-state index < -0.39 is 0 Å². The van der Waals surface area contributed by atoms with E-state index in [1.165, 1.54) is 0 Å². The molecule has 0 heterocycles. The summed E-state index contributed by atoms with van der Waals surface area (Å²) in [6.45, 7) is 2.00. The molecule has 0 aliphatic rings. The van der Waals surface area contributed by atoms with Gasteiger partial charge >= 0.3 is 0 Å². The Kier molecular flexibility index (Phi) is 4.97. The zero-order valence-corrected chi connectivity index (χ0v) is 10.9. The number of hydrogen-bond donors (Lipinski definition) is 1. The standard InChI is InChI=1S/C13H20N2O2/c1-5-12(15(2)3)13(16)14-10-6-8-11(17-4)9-7-10/h6-9,12H,5H2,1-4H3,(H,14,16)/t12-/m1/s1. The molecule has 94 valence electrons. The van der Waals surface area contributed by atoms with Crippen LogP contribution in [-0.2, 0) is 4.79 Å². The lowest BCUT2D eigenvalue weighted by atomic mass is 10.2. The third-order valence-electron chi connectivity index (χ3n) is 2.67. The predicted molar refractivity (Wildman–Crippen MR) is 69.4 cm³/mol. The highest BCUT2D eigenvalue weighted by atomic mass is 16.5. The first-order valence-corrected chi connectivity index (χ1v) is 5.69. The van der Waals surface area contributed by atoms with E-state index in [-0.39, 0.29) is 11.9 Å². The number of ether oxygens (including phenoxy) is 1. The van der Waals surface area contributed by atoms with Crippen LogP contribution in [0, 0.1) is 0 Å². The van der Waals surface area contributed by atoms with Crippen molar-refractivity contribution < 1.29 is 9.53 Å². The minimum Gasteiger partial charge on any atom is -0.497 e. The summed E-state index contributed by atoms with van der Waals surface area (Å²) < 4.78 is 5.06. The smallest absolute Gasteiger partial charge is 0.241 e. The molecule has 0 bridgehead atoms. The minimum atomic E-state index is -0.0999. The predicted octanol–water partition coefficient (Wildman–Crippen LogP) is 1.97. The Labute approximate surface area is 103 Å². The topological polar surface area (TPSA) is 41.6 Å². The molecule has 1 rings (SSSR count). The quantitative estimate of drug-likeness (QED) is 0.850. The maximum absolute atomic E-state index is 12.0. The summed E-state index contributed by atoms with van der Waals surface area (Å²) in [5.74, 6) is 0.797. The van der Waals surface area contributed by atoms with Gasteiger partial charge in [-0.15, -0.1) is 0 Å². The number of benzene rings is 1. The lowest BCUT2D eigenvalue weighted by Crippen LogP contribution is -2.39. The van der Waals surface area contributed by atoms with Crippen molar-refractivity contribution in [3.05, 3.63) is 24.3 Å². The van der Waals surface area contributed by atoms with Gasteiger partial charge in [0.15, 0.2) is 0 Å². The molecule has 1 amide bonds. The van der Waals surface area contributed by atoms with Gasteiger partial charge in [0.25, 0.3) is 0 Å². The van der Waals surface area contributed by atoms with Crippen molar-refractivity contribution in [2.24, 2.45) is 0 Å². The van der Waals surface area contributed by atoms with E-state index >= 15 is 0 Å².